The number of nitrogens with zero attached hydrogens (tertiary/aromatic N) is 1. The molecule has 0 heterocycles. The molecular weight excluding hydrogens is 262 g/mol. The Morgan fingerprint density at radius 2 is 2.00 bits per heavy atom. The van der Waals surface area contributed by atoms with Gasteiger partial charge in [0.15, 0.2) is 0 Å². The van der Waals surface area contributed by atoms with Crippen molar-refractivity contribution in [1.82, 2.24) is 0 Å². The van der Waals surface area contributed by atoms with Gasteiger partial charge < -0.3 is 5.11 Å². The van der Waals surface area contributed by atoms with Crippen molar-refractivity contribution in [3.63, 3.8) is 0 Å². The van der Waals surface area contributed by atoms with Gasteiger partial charge in [0, 0.05) is 10.6 Å². The molecule has 1 aliphatic rings. The van der Waals surface area contributed by atoms with Gasteiger partial charge in [0.05, 0.1) is 0 Å². The topological polar surface area (TPSA) is 49.7 Å². The van der Waals surface area contributed by atoms with Crippen LogP contribution in [-0.4, -0.2) is 11.2 Å². The maximum Gasteiger partial charge on any atom is 0.235 e. The molecule has 1 aromatic rings. The predicted molar refractivity (Wildman–Crippen MR) is 75.5 cm³/mol. The zero-order chi connectivity index (χ0) is 14.0. The summed E-state index contributed by atoms with van der Waals surface area (Å²) in [6.45, 7) is 4.00. The standard InChI is InChI=1S/C15H18ClNO2/c1-10(2)12-7-11(16)8-13(14(12)19)15(17-9-18)5-3-4-6-15/h7-8,10,19H,3-6H2,1-2H3. The van der Waals surface area contributed by atoms with Crippen molar-refractivity contribution in [2.24, 2.45) is 4.99 Å². The molecule has 3 nitrogen and oxygen atoms in total. The van der Waals surface area contributed by atoms with Gasteiger partial charge in [-0.25, -0.2) is 4.79 Å². The molecule has 2 rings (SSSR count). The second kappa shape index (κ2) is 5.36. The molecule has 1 fully saturated rings. The number of isocyanates is 1. The second-order valence-corrected chi connectivity index (χ2v) is 5.92. The smallest absolute Gasteiger partial charge is 0.235 e. The molecular formula is C15H18ClNO2. The van der Waals surface area contributed by atoms with E-state index in [0.29, 0.717) is 10.6 Å². The molecule has 0 spiro atoms. The van der Waals surface area contributed by atoms with Gasteiger partial charge in [-0.1, -0.05) is 38.3 Å². The van der Waals surface area contributed by atoms with Crippen LogP contribution in [0.2, 0.25) is 5.02 Å². The van der Waals surface area contributed by atoms with Gasteiger partial charge in [-0.3, -0.25) is 0 Å². The van der Waals surface area contributed by atoms with E-state index in [0.717, 1.165) is 31.2 Å². The minimum absolute atomic E-state index is 0.163. The first-order chi connectivity index (χ1) is 9.00. The SMILES string of the molecule is CC(C)c1cc(Cl)cc(C2(N=C=O)CCCC2)c1O. The summed E-state index contributed by atoms with van der Waals surface area (Å²) in [5, 5.41) is 11.1. The van der Waals surface area contributed by atoms with Crippen LogP contribution in [0.1, 0.15) is 56.6 Å². The number of phenolic OH excluding ortho intramolecular Hbond substituents is 1. The van der Waals surface area contributed by atoms with Crippen LogP contribution in [0.3, 0.4) is 0 Å². The molecule has 1 aromatic carbocycles. The number of rotatable bonds is 3. The Balaban J connectivity index is 2.63. The van der Waals surface area contributed by atoms with Crippen LogP contribution < -0.4 is 0 Å². The van der Waals surface area contributed by atoms with E-state index in [2.05, 4.69) is 4.99 Å². The van der Waals surface area contributed by atoms with Crippen LogP contribution in [0.25, 0.3) is 0 Å². The minimum atomic E-state index is -0.639. The summed E-state index contributed by atoms with van der Waals surface area (Å²) in [4.78, 5) is 14.8. The third-order valence-corrected chi connectivity index (χ3v) is 4.14. The maximum absolute atomic E-state index is 10.7. The fourth-order valence-corrected chi connectivity index (χ4v) is 3.13. The number of aliphatic imine (C=N–C) groups is 1. The lowest BCUT2D eigenvalue weighted by molar-refractivity contribution is 0.403. The third kappa shape index (κ3) is 2.54. The summed E-state index contributed by atoms with van der Waals surface area (Å²) in [6, 6.07) is 3.51. The van der Waals surface area contributed by atoms with E-state index >= 15 is 0 Å². The molecule has 0 saturated heterocycles. The number of halogens is 1. The van der Waals surface area contributed by atoms with Gasteiger partial charge >= 0.3 is 0 Å². The average Bonchev–Trinajstić information content (AvgIpc) is 2.81. The molecule has 1 saturated carbocycles. The largest absolute Gasteiger partial charge is 0.507 e. The fraction of sp³-hybridized carbons (Fsp3) is 0.533. The molecule has 19 heavy (non-hydrogen) atoms. The number of benzene rings is 1. The molecule has 102 valence electrons. The number of hydrogen-bond acceptors (Lipinski definition) is 3. The molecule has 0 atom stereocenters. The Kier molecular flexibility index (Phi) is 3.98. The Hall–Kier alpha value is -1.31. The van der Waals surface area contributed by atoms with Gasteiger partial charge in [0.1, 0.15) is 11.3 Å². The van der Waals surface area contributed by atoms with Crippen LogP contribution in [0.5, 0.6) is 5.75 Å². The minimum Gasteiger partial charge on any atom is -0.507 e. The quantitative estimate of drug-likeness (QED) is 0.663. The molecule has 1 N–H and O–H groups in total. The van der Waals surface area contributed by atoms with E-state index in [-0.39, 0.29) is 11.7 Å². The summed E-state index contributed by atoms with van der Waals surface area (Å²) >= 11 is 6.16. The van der Waals surface area contributed by atoms with Gasteiger partial charge in [0.25, 0.3) is 0 Å². The van der Waals surface area contributed by atoms with Gasteiger partial charge in [-0.15, -0.1) is 0 Å². The van der Waals surface area contributed by atoms with Gasteiger partial charge in [-0.05, 0) is 36.5 Å². The lowest BCUT2D eigenvalue weighted by atomic mass is 9.85. The molecule has 0 aliphatic heterocycles. The first-order valence-corrected chi connectivity index (χ1v) is 7.00. The lowest BCUT2D eigenvalue weighted by Crippen LogP contribution is -2.19. The van der Waals surface area contributed by atoms with Crippen molar-refractivity contribution in [2.45, 2.75) is 51.0 Å². The van der Waals surface area contributed by atoms with Crippen LogP contribution in [0, 0.1) is 0 Å². The zero-order valence-electron chi connectivity index (χ0n) is 11.2. The molecule has 0 aromatic heterocycles. The summed E-state index contributed by atoms with van der Waals surface area (Å²) in [5.74, 6) is 0.386. The maximum atomic E-state index is 10.7. The normalized spacial score (nSPS) is 17.5. The molecule has 1 aliphatic carbocycles. The number of carbonyl (C=O) groups excluding carboxylic acids is 1. The van der Waals surface area contributed by atoms with Crippen molar-refractivity contribution in [3.8, 4) is 5.75 Å². The number of aromatic hydroxyl groups is 1. The van der Waals surface area contributed by atoms with Crippen LogP contribution in [0.4, 0.5) is 0 Å². The third-order valence-electron chi connectivity index (χ3n) is 3.92. The van der Waals surface area contributed by atoms with Crippen molar-refractivity contribution in [2.75, 3.05) is 0 Å². The summed E-state index contributed by atoms with van der Waals surface area (Å²) in [6.07, 6.45) is 5.17. The molecule has 0 amide bonds. The molecule has 0 radical (unpaired) electrons. The van der Waals surface area contributed by atoms with Crippen LogP contribution >= 0.6 is 11.6 Å². The summed E-state index contributed by atoms with van der Waals surface area (Å²) < 4.78 is 0. The van der Waals surface area contributed by atoms with E-state index in [9.17, 15) is 9.90 Å². The highest BCUT2D eigenvalue weighted by Gasteiger charge is 2.38. The fourth-order valence-electron chi connectivity index (χ4n) is 2.90. The molecule has 4 heteroatoms. The number of hydrogen-bond donors (Lipinski definition) is 1. The van der Waals surface area contributed by atoms with Gasteiger partial charge in [0.2, 0.25) is 6.08 Å². The summed E-state index contributed by atoms with van der Waals surface area (Å²) in [7, 11) is 0. The van der Waals surface area contributed by atoms with Crippen molar-refractivity contribution < 1.29 is 9.90 Å². The van der Waals surface area contributed by atoms with E-state index in [1.54, 1.807) is 18.2 Å². The highest BCUT2D eigenvalue weighted by Crippen LogP contribution is 2.48. The predicted octanol–water partition coefficient (Wildman–Crippen LogP) is 4.27. The van der Waals surface area contributed by atoms with Crippen LogP contribution in [0.15, 0.2) is 17.1 Å². The van der Waals surface area contributed by atoms with Crippen molar-refractivity contribution in [3.05, 3.63) is 28.3 Å². The molecule has 0 unspecified atom stereocenters. The molecule has 0 bridgehead atoms. The van der Waals surface area contributed by atoms with Gasteiger partial charge in [-0.2, -0.15) is 4.99 Å². The van der Waals surface area contributed by atoms with Crippen LogP contribution in [-0.2, 0) is 10.3 Å². The first-order valence-electron chi connectivity index (χ1n) is 6.62. The lowest BCUT2D eigenvalue weighted by Gasteiger charge is -2.26. The summed E-state index contributed by atoms with van der Waals surface area (Å²) in [5.41, 5.74) is 0.833. The zero-order valence-corrected chi connectivity index (χ0v) is 12.0. The Morgan fingerprint density at radius 1 is 1.37 bits per heavy atom. The first kappa shape index (κ1) is 14.1. The highest BCUT2D eigenvalue weighted by molar-refractivity contribution is 6.30. The Labute approximate surface area is 118 Å². The van der Waals surface area contributed by atoms with E-state index < -0.39 is 5.54 Å². The Bertz CT molecular complexity index is 527. The number of phenols is 1. The monoisotopic (exact) mass is 279 g/mol. The van der Waals surface area contributed by atoms with E-state index in [4.69, 9.17) is 11.6 Å². The second-order valence-electron chi connectivity index (χ2n) is 5.49. The van der Waals surface area contributed by atoms with Crippen molar-refractivity contribution in [1.29, 1.82) is 0 Å². The Morgan fingerprint density at radius 3 is 2.53 bits per heavy atom. The van der Waals surface area contributed by atoms with E-state index in [1.807, 2.05) is 13.8 Å². The van der Waals surface area contributed by atoms with Crippen molar-refractivity contribution >= 4 is 17.7 Å². The highest BCUT2D eigenvalue weighted by atomic mass is 35.5. The average molecular weight is 280 g/mol. The van der Waals surface area contributed by atoms with E-state index in [1.165, 1.54) is 0 Å².